The minimum atomic E-state index is -0.379. The highest BCUT2D eigenvalue weighted by Gasteiger charge is 2.07. The molecule has 0 aliphatic carbocycles. The van der Waals surface area contributed by atoms with Gasteiger partial charge in [0, 0.05) is 29.2 Å². The summed E-state index contributed by atoms with van der Waals surface area (Å²) in [6.45, 7) is 2.61. The Morgan fingerprint density at radius 2 is 2.24 bits per heavy atom. The van der Waals surface area contributed by atoms with Gasteiger partial charge in [-0.15, -0.1) is 11.3 Å². The number of thiophene rings is 1. The quantitative estimate of drug-likeness (QED) is 0.664. The molecule has 2 rings (SSSR count). The van der Waals surface area contributed by atoms with Crippen LogP contribution in [0.5, 0.6) is 0 Å². The van der Waals surface area contributed by atoms with Crippen LogP contribution in [0.3, 0.4) is 0 Å². The molecule has 0 amide bonds. The van der Waals surface area contributed by atoms with Crippen molar-refractivity contribution in [2.24, 2.45) is 0 Å². The third kappa shape index (κ3) is 2.82. The topological polar surface area (TPSA) is 55.2 Å². The predicted octanol–water partition coefficient (Wildman–Crippen LogP) is 3.58. The fraction of sp³-hybridized carbons (Fsp3) is 0.167. The molecule has 5 heteroatoms. The fourth-order valence-electron chi connectivity index (χ4n) is 1.56. The maximum absolute atomic E-state index is 10.6. The van der Waals surface area contributed by atoms with Gasteiger partial charge in [0.25, 0.3) is 5.69 Å². The van der Waals surface area contributed by atoms with Gasteiger partial charge in [0.15, 0.2) is 0 Å². The number of hydrogen-bond donors (Lipinski definition) is 1. The molecule has 0 spiro atoms. The lowest BCUT2D eigenvalue weighted by molar-refractivity contribution is -0.384. The van der Waals surface area contributed by atoms with Crippen LogP contribution in [0.15, 0.2) is 35.7 Å². The zero-order chi connectivity index (χ0) is 12.3. The molecule has 2 aromatic rings. The number of nitro groups is 1. The van der Waals surface area contributed by atoms with Gasteiger partial charge in [-0.1, -0.05) is 6.07 Å². The minimum absolute atomic E-state index is 0.129. The Morgan fingerprint density at radius 1 is 1.41 bits per heavy atom. The number of nitrogens with one attached hydrogen (secondary N) is 1. The van der Waals surface area contributed by atoms with Crippen LogP contribution >= 0.6 is 11.3 Å². The molecule has 0 unspecified atom stereocenters. The Morgan fingerprint density at radius 3 is 2.82 bits per heavy atom. The summed E-state index contributed by atoms with van der Waals surface area (Å²) in [5, 5.41) is 15.9. The summed E-state index contributed by atoms with van der Waals surface area (Å²) < 4.78 is 0. The second kappa shape index (κ2) is 4.97. The van der Waals surface area contributed by atoms with Crippen LogP contribution in [0, 0.1) is 17.0 Å². The fourth-order valence-corrected chi connectivity index (χ4v) is 2.20. The molecule has 1 aromatic carbocycles. The molecule has 0 radical (unpaired) electrons. The first-order valence-electron chi connectivity index (χ1n) is 5.18. The van der Waals surface area contributed by atoms with Gasteiger partial charge in [0.05, 0.1) is 4.92 Å². The molecule has 0 fully saturated rings. The maximum Gasteiger partial charge on any atom is 0.269 e. The van der Waals surface area contributed by atoms with Crippen LogP contribution < -0.4 is 5.32 Å². The van der Waals surface area contributed by atoms with Crippen LogP contribution in [-0.2, 0) is 6.54 Å². The molecule has 1 heterocycles. The number of hydrogen-bond acceptors (Lipinski definition) is 4. The second-order valence-electron chi connectivity index (χ2n) is 3.69. The van der Waals surface area contributed by atoms with Crippen molar-refractivity contribution >= 4 is 22.7 Å². The molecule has 88 valence electrons. The molecule has 0 atom stereocenters. The summed E-state index contributed by atoms with van der Waals surface area (Å²) in [7, 11) is 0. The van der Waals surface area contributed by atoms with E-state index in [2.05, 4.69) is 11.4 Å². The normalized spacial score (nSPS) is 10.2. The van der Waals surface area contributed by atoms with Crippen molar-refractivity contribution in [1.82, 2.24) is 0 Å². The Bertz CT molecular complexity index is 523. The summed E-state index contributed by atoms with van der Waals surface area (Å²) in [5.74, 6) is 0. The molecule has 4 nitrogen and oxygen atoms in total. The summed E-state index contributed by atoms with van der Waals surface area (Å²) in [6, 6.07) is 8.91. The highest BCUT2D eigenvalue weighted by atomic mass is 32.1. The van der Waals surface area contributed by atoms with Gasteiger partial charge < -0.3 is 5.32 Å². The minimum Gasteiger partial charge on any atom is -0.380 e. The average molecular weight is 248 g/mol. The number of anilines is 1. The molecular weight excluding hydrogens is 236 g/mol. The molecule has 1 N–H and O–H groups in total. The van der Waals surface area contributed by atoms with E-state index in [4.69, 9.17) is 0 Å². The number of rotatable bonds is 4. The van der Waals surface area contributed by atoms with Gasteiger partial charge in [-0.2, -0.15) is 0 Å². The Labute approximate surface area is 103 Å². The summed E-state index contributed by atoms with van der Waals surface area (Å²) >= 11 is 1.69. The van der Waals surface area contributed by atoms with E-state index in [0.29, 0.717) is 0 Å². The molecule has 0 aliphatic heterocycles. The van der Waals surface area contributed by atoms with Crippen LogP contribution in [-0.4, -0.2) is 4.92 Å². The molecule has 0 bridgehead atoms. The SMILES string of the molecule is Cc1cc([N+](=O)[O-])ccc1NCc1cccs1. The number of nitrogens with zero attached hydrogens (tertiary/aromatic N) is 1. The van der Waals surface area contributed by atoms with Gasteiger partial charge in [-0.25, -0.2) is 0 Å². The van der Waals surface area contributed by atoms with E-state index < -0.39 is 0 Å². The van der Waals surface area contributed by atoms with Crippen molar-refractivity contribution in [2.45, 2.75) is 13.5 Å². The van der Waals surface area contributed by atoms with E-state index >= 15 is 0 Å². The number of benzene rings is 1. The Kier molecular flexibility index (Phi) is 3.39. The molecule has 0 saturated carbocycles. The average Bonchev–Trinajstić information content (AvgIpc) is 2.80. The summed E-state index contributed by atoms with van der Waals surface area (Å²) in [6.07, 6.45) is 0. The van der Waals surface area contributed by atoms with Crippen molar-refractivity contribution in [1.29, 1.82) is 0 Å². The second-order valence-corrected chi connectivity index (χ2v) is 4.72. The van der Waals surface area contributed by atoms with E-state index in [0.717, 1.165) is 17.8 Å². The summed E-state index contributed by atoms with van der Waals surface area (Å²) in [4.78, 5) is 11.5. The van der Waals surface area contributed by atoms with Crippen molar-refractivity contribution in [3.8, 4) is 0 Å². The van der Waals surface area contributed by atoms with Crippen LogP contribution in [0.25, 0.3) is 0 Å². The first kappa shape index (κ1) is 11.6. The van der Waals surface area contributed by atoms with Gasteiger partial charge in [-0.3, -0.25) is 10.1 Å². The summed E-state index contributed by atoms with van der Waals surface area (Å²) in [5.41, 5.74) is 1.95. The molecule has 17 heavy (non-hydrogen) atoms. The molecular formula is C12H12N2O2S. The van der Waals surface area contributed by atoms with Gasteiger partial charge in [0.1, 0.15) is 0 Å². The smallest absolute Gasteiger partial charge is 0.269 e. The highest BCUT2D eigenvalue weighted by Crippen LogP contribution is 2.22. The monoisotopic (exact) mass is 248 g/mol. The number of nitro benzene ring substituents is 1. The van der Waals surface area contributed by atoms with Gasteiger partial charge >= 0.3 is 0 Å². The van der Waals surface area contributed by atoms with E-state index in [1.165, 1.54) is 10.9 Å². The molecule has 0 aliphatic rings. The zero-order valence-electron chi connectivity index (χ0n) is 9.34. The standard InChI is InChI=1S/C12H12N2O2S/c1-9-7-10(14(15)16)4-5-12(9)13-8-11-3-2-6-17-11/h2-7,13H,8H2,1H3. The lowest BCUT2D eigenvalue weighted by atomic mass is 10.2. The van der Waals surface area contributed by atoms with Crippen LogP contribution in [0.1, 0.15) is 10.4 Å². The number of non-ortho nitro benzene ring substituents is 1. The van der Waals surface area contributed by atoms with E-state index in [9.17, 15) is 10.1 Å². The first-order chi connectivity index (χ1) is 8.16. The van der Waals surface area contributed by atoms with Crippen molar-refractivity contribution in [2.75, 3.05) is 5.32 Å². The van der Waals surface area contributed by atoms with Crippen molar-refractivity contribution < 1.29 is 4.92 Å². The Balaban J connectivity index is 2.09. The maximum atomic E-state index is 10.6. The molecule has 0 saturated heterocycles. The predicted molar refractivity (Wildman–Crippen MR) is 69.5 cm³/mol. The van der Waals surface area contributed by atoms with Gasteiger partial charge in [0.2, 0.25) is 0 Å². The van der Waals surface area contributed by atoms with Gasteiger partial charge in [-0.05, 0) is 30.0 Å². The van der Waals surface area contributed by atoms with Crippen molar-refractivity contribution in [3.05, 3.63) is 56.3 Å². The lowest BCUT2D eigenvalue weighted by Crippen LogP contribution is -2.00. The largest absolute Gasteiger partial charge is 0.380 e. The first-order valence-corrected chi connectivity index (χ1v) is 6.06. The van der Waals surface area contributed by atoms with E-state index in [1.54, 1.807) is 23.5 Å². The Hall–Kier alpha value is -1.88. The van der Waals surface area contributed by atoms with Crippen LogP contribution in [0.4, 0.5) is 11.4 Å². The third-order valence-corrected chi connectivity index (χ3v) is 3.33. The number of aryl methyl sites for hydroxylation is 1. The van der Waals surface area contributed by atoms with Crippen molar-refractivity contribution in [3.63, 3.8) is 0 Å². The van der Waals surface area contributed by atoms with E-state index in [1.807, 2.05) is 18.4 Å². The van der Waals surface area contributed by atoms with E-state index in [-0.39, 0.29) is 10.6 Å². The highest BCUT2D eigenvalue weighted by molar-refractivity contribution is 7.09. The third-order valence-electron chi connectivity index (χ3n) is 2.45. The molecule has 1 aromatic heterocycles. The lowest BCUT2D eigenvalue weighted by Gasteiger charge is -2.07. The van der Waals surface area contributed by atoms with Crippen LogP contribution in [0.2, 0.25) is 0 Å². The zero-order valence-corrected chi connectivity index (χ0v) is 10.2.